The van der Waals surface area contributed by atoms with Gasteiger partial charge in [-0.15, -0.1) is 11.3 Å². The summed E-state index contributed by atoms with van der Waals surface area (Å²) in [4.78, 5) is 3.62. The van der Waals surface area contributed by atoms with Crippen molar-refractivity contribution in [3.63, 3.8) is 0 Å². The van der Waals surface area contributed by atoms with Crippen LogP contribution in [0.5, 0.6) is 0 Å². The Balaban J connectivity index is 1.48. The topological polar surface area (TPSA) is 26.0 Å². The molecule has 0 unspecified atom stereocenters. The van der Waals surface area contributed by atoms with Crippen molar-refractivity contribution in [1.82, 2.24) is 19.2 Å². The summed E-state index contributed by atoms with van der Waals surface area (Å²) in [5.41, 5.74) is 2.70. The lowest BCUT2D eigenvalue weighted by Crippen LogP contribution is -2.22. The van der Waals surface area contributed by atoms with E-state index in [9.17, 15) is 0 Å². The smallest absolute Gasteiger partial charge is 0.199 e. The third-order valence-electron chi connectivity index (χ3n) is 5.24. The number of benzene rings is 1. The molecule has 0 N–H and O–H groups in total. The molecule has 6 heteroatoms. The highest BCUT2D eigenvalue weighted by Gasteiger charge is 2.28. The van der Waals surface area contributed by atoms with Crippen LogP contribution in [0.15, 0.2) is 41.8 Å². The van der Waals surface area contributed by atoms with E-state index in [1.165, 1.54) is 28.8 Å². The van der Waals surface area contributed by atoms with Crippen molar-refractivity contribution in [3.05, 3.63) is 68.4 Å². The van der Waals surface area contributed by atoms with Gasteiger partial charge >= 0.3 is 0 Å². The molecule has 28 heavy (non-hydrogen) atoms. The Labute approximate surface area is 176 Å². The number of nitrogens with zero attached hydrogens (tertiary/aromatic N) is 4. The summed E-state index contributed by atoms with van der Waals surface area (Å²) in [5, 5.41) is 7.03. The predicted molar refractivity (Wildman–Crippen MR) is 118 cm³/mol. The molecule has 0 atom stereocenters. The first-order chi connectivity index (χ1) is 13.5. The molecular formula is C22H28N4S2. The second-order valence-corrected chi connectivity index (χ2v) is 9.50. The third kappa shape index (κ3) is 4.45. The zero-order chi connectivity index (χ0) is 19.7. The van der Waals surface area contributed by atoms with Crippen LogP contribution in [-0.4, -0.2) is 26.3 Å². The number of thiophene rings is 1. The van der Waals surface area contributed by atoms with E-state index in [0.717, 1.165) is 23.6 Å². The quantitative estimate of drug-likeness (QED) is 0.450. The maximum Gasteiger partial charge on any atom is 0.199 e. The second-order valence-electron chi connectivity index (χ2n) is 8.11. The largest absolute Gasteiger partial charge is 0.301 e. The first-order valence-corrected chi connectivity index (χ1v) is 11.3. The molecule has 3 aromatic rings. The number of hydrogen-bond acceptors (Lipinski definition) is 4. The molecule has 0 saturated heterocycles. The zero-order valence-corrected chi connectivity index (χ0v) is 18.5. The van der Waals surface area contributed by atoms with Crippen molar-refractivity contribution in [3.8, 4) is 0 Å². The summed E-state index contributed by atoms with van der Waals surface area (Å²) in [5.74, 6) is 1.67. The first-order valence-electron chi connectivity index (χ1n) is 9.99. The lowest BCUT2D eigenvalue weighted by molar-refractivity contribution is 0.243. The van der Waals surface area contributed by atoms with Crippen molar-refractivity contribution in [2.75, 3.05) is 7.05 Å². The van der Waals surface area contributed by atoms with Crippen LogP contribution < -0.4 is 0 Å². The van der Waals surface area contributed by atoms with E-state index in [1.54, 1.807) is 11.3 Å². The van der Waals surface area contributed by atoms with E-state index in [1.807, 2.05) is 4.68 Å². The fourth-order valence-corrected chi connectivity index (χ4v) is 4.60. The van der Waals surface area contributed by atoms with Gasteiger partial charge in [0.15, 0.2) is 4.77 Å². The summed E-state index contributed by atoms with van der Waals surface area (Å²) < 4.78 is 5.15. The summed E-state index contributed by atoms with van der Waals surface area (Å²) >= 11 is 7.58. The SMILES string of the molecule is CC(C)c1ccc(CN(C)Cn2nc(Cc3cccs3)n(C3CC3)c2=S)cc1. The third-order valence-corrected chi connectivity index (χ3v) is 6.52. The standard InChI is InChI=1S/C22H28N4S2/c1-16(2)18-8-6-17(7-9-18)14-24(3)15-25-22(27)26(19-10-11-19)21(23-25)13-20-5-4-12-28-20/h4-9,12,16,19H,10-11,13-15H2,1-3H3. The minimum absolute atomic E-state index is 0.546. The van der Waals surface area contributed by atoms with Crippen molar-refractivity contribution < 1.29 is 0 Å². The van der Waals surface area contributed by atoms with E-state index >= 15 is 0 Å². The van der Waals surface area contributed by atoms with Crippen LogP contribution in [0, 0.1) is 4.77 Å². The average molecular weight is 413 g/mol. The molecule has 1 aliphatic rings. The first kappa shape index (κ1) is 19.6. The normalized spacial score (nSPS) is 14.3. The van der Waals surface area contributed by atoms with Gasteiger partial charge < -0.3 is 4.57 Å². The van der Waals surface area contributed by atoms with E-state index in [2.05, 4.69) is 72.1 Å². The van der Waals surface area contributed by atoms with E-state index in [-0.39, 0.29) is 0 Å². The molecule has 1 aliphatic carbocycles. The van der Waals surface area contributed by atoms with Gasteiger partial charge in [-0.25, -0.2) is 4.68 Å². The molecule has 1 saturated carbocycles. The van der Waals surface area contributed by atoms with E-state index < -0.39 is 0 Å². The van der Waals surface area contributed by atoms with Crippen LogP contribution in [0.2, 0.25) is 0 Å². The van der Waals surface area contributed by atoms with Crippen molar-refractivity contribution in [2.45, 2.75) is 58.3 Å². The minimum atomic E-state index is 0.546. The highest BCUT2D eigenvalue weighted by atomic mass is 32.1. The molecular weight excluding hydrogens is 384 g/mol. The highest BCUT2D eigenvalue weighted by molar-refractivity contribution is 7.71. The molecule has 0 amide bonds. The molecule has 0 spiro atoms. The maximum atomic E-state index is 5.79. The van der Waals surface area contributed by atoms with E-state index in [4.69, 9.17) is 17.3 Å². The second kappa shape index (κ2) is 8.31. The number of aromatic nitrogens is 3. The molecule has 4 rings (SSSR count). The Morgan fingerprint density at radius 1 is 1.21 bits per heavy atom. The van der Waals surface area contributed by atoms with Crippen LogP contribution in [0.3, 0.4) is 0 Å². The summed E-state index contributed by atoms with van der Waals surface area (Å²) in [6.07, 6.45) is 3.30. The molecule has 0 radical (unpaired) electrons. The average Bonchev–Trinajstić information content (AvgIpc) is 3.27. The van der Waals surface area contributed by atoms with Crippen LogP contribution in [0.25, 0.3) is 0 Å². The van der Waals surface area contributed by atoms with Crippen molar-refractivity contribution >= 4 is 23.6 Å². The number of hydrogen-bond donors (Lipinski definition) is 0. The van der Waals surface area contributed by atoms with Gasteiger partial charge in [-0.05, 0) is 60.6 Å². The molecule has 4 nitrogen and oxygen atoms in total. The van der Waals surface area contributed by atoms with Crippen LogP contribution in [-0.2, 0) is 19.6 Å². The summed E-state index contributed by atoms with van der Waals surface area (Å²) in [7, 11) is 2.13. The molecule has 2 heterocycles. The zero-order valence-electron chi connectivity index (χ0n) is 16.8. The van der Waals surface area contributed by atoms with Gasteiger partial charge in [0.25, 0.3) is 0 Å². The molecule has 1 aromatic carbocycles. The summed E-state index contributed by atoms with van der Waals surface area (Å²) in [6, 6.07) is 13.8. The van der Waals surface area contributed by atoms with Gasteiger partial charge in [0.2, 0.25) is 0 Å². The van der Waals surface area contributed by atoms with Gasteiger partial charge in [-0.1, -0.05) is 44.2 Å². The Kier molecular flexibility index (Phi) is 5.80. The van der Waals surface area contributed by atoms with Crippen LogP contribution >= 0.6 is 23.6 Å². The Morgan fingerprint density at radius 3 is 2.57 bits per heavy atom. The maximum absolute atomic E-state index is 5.79. The highest BCUT2D eigenvalue weighted by Crippen LogP contribution is 2.36. The van der Waals surface area contributed by atoms with Gasteiger partial charge in [0, 0.05) is 23.9 Å². The van der Waals surface area contributed by atoms with Crippen molar-refractivity contribution in [1.29, 1.82) is 0 Å². The van der Waals surface area contributed by atoms with Gasteiger partial charge in [-0.2, -0.15) is 5.10 Å². The Morgan fingerprint density at radius 2 is 1.96 bits per heavy atom. The van der Waals surface area contributed by atoms with Gasteiger partial charge in [0.1, 0.15) is 5.82 Å². The monoisotopic (exact) mass is 412 g/mol. The minimum Gasteiger partial charge on any atom is -0.301 e. The van der Waals surface area contributed by atoms with Gasteiger partial charge in [-0.3, -0.25) is 4.90 Å². The molecule has 0 aliphatic heterocycles. The van der Waals surface area contributed by atoms with Crippen LogP contribution in [0.1, 0.15) is 60.5 Å². The Hall–Kier alpha value is -1.76. The molecule has 0 bridgehead atoms. The lowest BCUT2D eigenvalue weighted by Gasteiger charge is -2.17. The fraction of sp³-hybridized carbons (Fsp3) is 0.455. The molecule has 1 fully saturated rings. The molecule has 2 aromatic heterocycles. The lowest BCUT2D eigenvalue weighted by atomic mass is 10.0. The molecule has 148 valence electrons. The van der Waals surface area contributed by atoms with Crippen molar-refractivity contribution in [2.24, 2.45) is 0 Å². The van der Waals surface area contributed by atoms with Gasteiger partial charge in [0.05, 0.1) is 6.67 Å². The predicted octanol–water partition coefficient (Wildman–Crippen LogP) is 5.61. The fourth-order valence-electron chi connectivity index (χ4n) is 3.54. The van der Waals surface area contributed by atoms with E-state index in [0.29, 0.717) is 18.6 Å². The van der Waals surface area contributed by atoms with Crippen LogP contribution in [0.4, 0.5) is 0 Å². The number of rotatable bonds is 8. The summed E-state index contributed by atoms with van der Waals surface area (Å²) in [6.45, 7) is 6.05. The Bertz CT molecular complexity index is 963.